The van der Waals surface area contributed by atoms with Crippen molar-refractivity contribution in [2.45, 2.75) is 137 Å². The Bertz CT molecular complexity index is 2830. The van der Waals surface area contributed by atoms with Crippen LogP contribution in [-0.2, 0) is 28.1 Å². The van der Waals surface area contributed by atoms with Gasteiger partial charge in [-0.1, -0.05) is 224 Å². The van der Waals surface area contributed by atoms with E-state index in [4.69, 9.17) is 13.0 Å². The second-order valence-corrected chi connectivity index (χ2v) is 21.6. The van der Waals surface area contributed by atoms with E-state index in [0.717, 1.165) is 24.8 Å². The lowest BCUT2D eigenvalue weighted by Gasteiger charge is -2.43. The SMILES string of the molecule is C#CC1/C=C\C=C/Cc2ccc(C)cc2C1(C)C.C=C1/C=C(C2=CCCC=C2)\C=C(/C)C(C)(C)c2cc(-c3ccc(C)cc3)cc3c2Nc2c(cccc2C3(C)C)C1(C)C.CC1=CCCC=C1. The van der Waals surface area contributed by atoms with Crippen molar-refractivity contribution in [3.8, 4) is 23.5 Å². The molecule has 4 aromatic rings. The lowest BCUT2D eigenvalue weighted by molar-refractivity contribution is 0.453. The summed E-state index contributed by atoms with van der Waals surface area (Å²) in [6, 6.07) is 27.4. The van der Waals surface area contributed by atoms with Crippen molar-refractivity contribution in [1.82, 2.24) is 0 Å². The summed E-state index contributed by atoms with van der Waals surface area (Å²) in [5.74, 6) is 3.06. The number of aryl methyl sites for hydroxylation is 2. The van der Waals surface area contributed by atoms with Gasteiger partial charge in [-0.2, -0.15) is 0 Å². The molecule has 67 heavy (non-hydrogen) atoms. The maximum atomic E-state index is 5.72. The molecule has 1 nitrogen and oxygen atoms in total. The van der Waals surface area contributed by atoms with Crippen molar-refractivity contribution in [2.24, 2.45) is 5.92 Å². The van der Waals surface area contributed by atoms with Gasteiger partial charge in [0.1, 0.15) is 0 Å². The Morgan fingerprint density at radius 2 is 1.21 bits per heavy atom. The molecule has 1 N–H and O–H groups in total. The molecule has 9 rings (SSSR count). The van der Waals surface area contributed by atoms with Gasteiger partial charge < -0.3 is 5.32 Å². The number of benzene rings is 4. The molecule has 344 valence electrons. The van der Waals surface area contributed by atoms with Gasteiger partial charge in [-0.3, -0.25) is 0 Å². The van der Waals surface area contributed by atoms with Gasteiger partial charge in [0, 0.05) is 39.0 Å². The summed E-state index contributed by atoms with van der Waals surface area (Å²) in [6.07, 6.45) is 38.2. The molecule has 0 radical (unpaired) electrons. The van der Waals surface area contributed by atoms with Crippen LogP contribution in [0.5, 0.6) is 0 Å². The fourth-order valence-corrected chi connectivity index (χ4v) is 10.2. The van der Waals surface area contributed by atoms with E-state index in [2.05, 4.69) is 240 Å². The molecule has 1 atom stereocenters. The monoisotopic (exact) mass is 882 g/mol. The molecule has 2 aliphatic heterocycles. The fraction of sp³-hybridized carbons (Fsp3) is 0.333. The van der Waals surface area contributed by atoms with Crippen LogP contribution < -0.4 is 5.32 Å². The molecule has 0 spiro atoms. The zero-order valence-corrected chi connectivity index (χ0v) is 42.8. The first-order valence-electron chi connectivity index (χ1n) is 24.6. The molecule has 0 aromatic heterocycles. The van der Waals surface area contributed by atoms with Gasteiger partial charge in [-0.05, 0) is 133 Å². The van der Waals surface area contributed by atoms with E-state index in [1.54, 1.807) is 0 Å². The summed E-state index contributed by atoms with van der Waals surface area (Å²) in [5, 5.41) is 4.05. The van der Waals surface area contributed by atoms with Crippen LogP contribution >= 0.6 is 0 Å². The molecule has 3 aliphatic carbocycles. The average Bonchev–Trinajstić information content (AvgIpc) is 3.36. The number of anilines is 2. The van der Waals surface area contributed by atoms with Gasteiger partial charge in [0.15, 0.2) is 0 Å². The summed E-state index contributed by atoms with van der Waals surface area (Å²) in [5.41, 5.74) is 21.3. The second-order valence-electron chi connectivity index (χ2n) is 21.6. The van der Waals surface area contributed by atoms with Crippen molar-refractivity contribution in [1.29, 1.82) is 0 Å². The third-order valence-electron chi connectivity index (χ3n) is 15.3. The van der Waals surface area contributed by atoms with E-state index in [9.17, 15) is 0 Å². The number of rotatable bonds is 2. The Labute approximate surface area is 405 Å². The molecule has 5 aliphatic rings. The van der Waals surface area contributed by atoms with Crippen molar-refractivity contribution in [2.75, 3.05) is 5.32 Å². The number of terminal acetylenes is 1. The summed E-state index contributed by atoms with van der Waals surface area (Å²) >= 11 is 0. The highest BCUT2D eigenvalue weighted by atomic mass is 14.9. The Kier molecular flexibility index (Phi) is 14.3. The molecule has 2 bridgehead atoms. The van der Waals surface area contributed by atoms with Gasteiger partial charge in [-0.25, -0.2) is 0 Å². The number of allylic oxidation sites excluding steroid dienone is 17. The summed E-state index contributed by atoms with van der Waals surface area (Å²) < 4.78 is 0. The van der Waals surface area contributed by atoms with Gasteiger partial charge in [0.25, 0.3) is 0 Å². The summed E-state index contributed by atoms with van der Waals surface area (Å²) in [7, 11) is 0. The first-order valence-corrected chi connectivity index (χ1v) is 24.6. The molecule has 0 saturated carbocycles. The topological polar surface area (TPSA) is 12.0 Å². The molecule has 0 amide bonds. The Morgan fingerprint density at radius 1 is 0.582 bits per heavy atom. The van der Waals surface area contributed by atoms with E-state index >= 15 is 0 Å². The number of nitrogens with one attached hydrogen (secondary N) is 1. The first kappa shape index (κ1) is 48.8. The minimum absolute atomic E-state index is 0.0291. The second kappa shape index (κ2) is 19.6. The van der Waals surface area contributed by atoms with Crippen LogP contribution in [0.4, 0.5) is 11.4 Å². The number of hydrogen-bond donors (Lipinski definition) is 1. The zero-order chi connectivity index (χ0) is 48.3. The molecule has 4 aromatic carbocycles. The molecular weight excluding hydrogens is 807 g/mol. The van der Waals surface area contributed by atoms with Crippen molar-refractivity contribution < 1.29 is 0 Å². The van der Waals surface area contributed by atoms with Gasteiger partial charge in [0.05, 0.1) is 0 Å². The van der Waals surface area contributed by atoms with Crippen LogP contribution in [-0.4, -0.2) is 0 Å². The van der Waals surface area contributed by atoms with E-state index in [0.29, 0.717) is 0 Å². The van der Waals surface area contributed by atoms with Crippen LogP contribution in [0.15, 0.2) is 180 Å². The van der Waals surface area contributed by atoms with Crippen molar-refractivity contribution in [3.05, 3.63) is 225 Å². The average molecular weight is 882 g/mol. The molecule has 1 unspecified atom stereocenters. The molecule has 2 heterocycles. The van der Waals surface area contributed by atoms with Crippen LogP contribution in [0.25, 0.3) is 11.1 Å². The molecule has 0 fully saturated rings. The highest BCUT2D eigenvalue weighted by molar-refractivity contribution is 5.85. The predicted molar refractivity (Wildman–Crippen MR) is 293 cm³/mol. The number of hydrogen-bond acceptors (Lipinski definition) is 1. The normalized spacial score (nSPS) is 22.7. The van der Waals surface area contributed by atoms with E-state index in [-0.39, 0.29) is 27.6 Å². The Balaban J connectivity index is 0.000000218. The van der Waals surface area contributed by atoms with Crippen LogP contribution in [0.2, 0.25) is 0 Å². The Hall–Kier alpha value is -6.10. The quantitative estimate of drug-likeness (QED) is 0.198. The van der Waals surface area contributed by atoms with Crippen molar-refractivity contribution >= 4 is 11.4 Å². The van der Waals surface area contributed by atoms with Crippen LogP contribution in [0, 0.1) is 32.1 Å². The molecule has 1 heteroatoms. The maximum absolute atomic E-state index is 5.72. The maximum Gasteiger partial charge on any atom is 0.0474 e. The van der Waals surface area contributed by atoms with Crippen LogP contribution in [0.1, 0.15) is 139 Å². The highest BCUT2D eigenvalue weighted by Gasteiger charge is 2.41. The lowest BCUT2D eigenvalue weighted by atomic mass is 9.66. The minimum Gasteiger partial charge on any atom is -0.355 e. The standard InChI is InChI=1S/C41H45N.C18H20.C7H10/c1-26-18-20-30(21-19-26)32-24-35-38-36(25-32)41(8,9)34-17-13-16-33(37(34)42-38)39(4,5)27(2)22-31(23-28(3)40(35,6)7)29-14-11-10-12-15-29;1-5-16-10-8-6-7-9-15-12-11-14(2)13-17(15)18(16,3)4;1-7-5-3-2-4-6-7/h11,13-25,42H,2,10,12H2,1,3-9H3;1,6-8,10-13,16H,9H2,2-4H3;3,5-6H,2,4H2,1H3/b28-23+,31-22+;7-6-,10-8-;. The van der Waals surface area contributed by atoms with E-state index < -0.39 is 0 Å². The van der Waals surface area contributed by atoms with Gasteiger partial charge in [-0.15, -0.1) is 6.42 Å². The number of para-hydroxylation sites is 1. The lowest BCUT2D eigenvalue weighted by Crippen LogP contribution is -2.32. The fourth-order valence-electron chi connectivity index (χ4n) is 10.2. The van der Waals surface area contributed by atoms with Crippen molar-refractivity contribution in [3.63, 3.8) is 0 Å². The highest BCUT2D eigenvalue weighted by Crippen LogP contribution is 2.54. The van der Waals surface area contributed by atoms with E-state index in [1.807, 2.05) is 0 Å². The molecular formula is C66H75N. The predicted octanol–water partition coefficient (Wildman–Crippen LogP) is 17.8. The van der Waals surface area contributed by atoms with Crippen LogP contribution in [0.3, 0.4) is 0 Å². The largest absolute Gasteiger partial charge is 0.355 e. The van der Waals surface area contributed by atoms with Gasteiger partial charge >= 0.3 is 0 Å². The Morgan fingerprint density at radius 3 is 1.82 bits per heavy atom. The summed E-state index contributed by atoms with van der Waals surface area (Å²) in [6.45, 7) is 32.1. The molecule has 0 saturated heterocycles. The van der Waals surface area contributed by atoms with E-state index in [1.165, 1.54) is 102 Å². The number of fused-ring (bicyclic) bond motifs is 1. The zero-order valence-electron chi connectivity index (χ0n) is 42.8. The third kappa shape index (κ3) is 10.1. The van der Waals surface area contributed by atoms with Gasteiger partial charge in [0.2, 0.25) is 0 Å². The smallest absolute Gasteiger partial charge is 0.0474 e. The third-order valence-corrected chi connectivity index (χ3v) is 15.3. The first-order chi connectivity index (χ1) is 31.8. The summed E-state index contributed by atoms with van der Waals surface area (Å²) in [4.78, 5) is 0. The minimum atomic E-state index is -0.269.